The van der Waals surface area contributed by atoms with Gasteiger partial charge in [0.05, 0.1) is 6.54 Å². The van der Waals surface area contributed by atoms with Crippen molar-refractivity contribution in [3.63, 3.8) is 0 Å². The molecule has 7 nitrogen and oxygen atoms in total. The van der Waals surface area contributed by atoms with Crippen molar-refractivity contribution >= 4 is 23.5 Å². The van der Waals surface area contributed by atoms with E-state index in [4.69, 9.17) is 20.5 Å². The maximum absolute atomic E-state index is 8.93. The third-order valence-electron chi connectivity index (χ3n) is 2.16. The summed E-state index contributed by atoms with van der Waals surface area (Å²) >= 11 is 1.34. The summed E-state index contributed by atoms with van der Waals surface area (Å²) in [5, 5.41) is 12.4. The van der Waals surface area contributed by atoms with E-state index in [1.165, 1.54) is 26.0 Å². The monoisotopic (exact) mass is 269 g/mol. The molecular weight excluding hydrogens is 254 g/mol. The predicted molar refractivity (Wildman–Crippen MR) is 69.2 cm³/mol. The van der Waals surface area contributed by atoms with Crippen LogP contribution in [0.25, 0.3) is 0 Å². The van der Waals surface area contributed by atoms with E-state index < -0.39 is 6.29 Å². The zero-order valence-electron chi connectivity index (χ0n) is 10.4. The number of nitriles is 1. The fourth-order valence-electron chi connectivity index (χ4n) is 1.23. The summed E-state index contributed by atoms with van der Waals surface area (Å²) < 4.78 is 10.0. The summed E-state index contributed by atoms with van der Waals surface area (Å²) in [6.07, 6.45) is 1.42. The zero-order chi connectivity index (χ0) is 13.5. The highest BCUT2D eigenvalue weighted by Gasteiger charge is 2.12. The van der Waals surface area contributed by atoms with Gasteiger partial charge in [0.1, 0.15) is 22.5 Å². The second-order valence-electron chi connectivity index (χ2n) is 3.21. The van der Waals surface area contributed by atoms with E-state index in [2.05, 4.69) is 15.3 Å². The Hall–Kier alpha value is -1.56. The maximum Gasteiger partial charge on any atom is 0.225 e. The van der Waals surface area contributed by atoms with E-state index in [0.29, 0.717) is 23.1 Å². The molecule has 1 rings (SSSR count). The summed E-state index contributed by atoms with van der Waals surface area (Å²) in [4.78, 5) is 8.19. The normalized spacial score (nSPS) is 10.4. The van der Waals surface area contributed by atoms with Gasteiger partial charge in [0.2, 0.25) is 5.95 Å². The highest BCUT2D eigenvalue weighted by molar-refractivity contribution is 7.98. The molecule has 0 aromatic carbocycles. The maximum atomic E-state index is 8.93. The van der Waals surface area contributed by atoms with Crippen molar-refractivity contribution in [1.29, 1.82) is 5.26 Å². The third-order valence-corrected chi connectivity index (χ3v) is 2.84. The molecule has 0 saturated carbocycles. The Kier molecular flexibility index (Phi) is 5.64. The third kappa shape index (κ3) is 3.46. The van der Waals surface area contributed by atoms with Crippen LogP contribution in [0.2, 0.25) is 0 Å². The molecular formula is C10H15N5O2S. The smallest absolute Gasteiger partial charge is 0.225 e. The minimum Gasteiger partial charge on any atom is -0.382 e. The van der Waals surface area contributed by atoms with E-state index >= 15 is 0 Å². The molecule has 8 heteroatoms. The lowest BCUT2D eigenvalue weighted by Gasteiger charge is -2.14. The SMILES string of the molecule is COC(CNc1nc(N)c(C#N)c(SC)n1)OC. The lowest BCUT2D eigenvalue weighted by molar-refractivity contribution is -0.0914. The van der Waals surface area contributed by atoms with Gasteiger partial charge in [-0.05, 0) is 6.26 Å². The number of thioether (sulfide) groups is 1. The minimum atomic E-state index is -0.400. The van der Waals surface area contributed by atoms with Gasteiger partial charge in [0, 0.05) is 14.2 Å². The molecule has 98 valence electrons. The summed E-state index contributed by atoms with van der Waals surface area (Å²) in [7, 11) is 3.08. The van der Waals surface area contributed by atoms with Crippen LogP contribution >= 0.6 is 11.8 Å². The van der Waals surface area contributed by atoms with Crippen LogP contribution in [-0.4, -0.2) is 43.3 Å². The van der Waals surface area contributed by atoms with Gasteiger partial charge in [-0.3, -0.25) is 0 Å². The fourth-order valence-corrected chi connectivity index (χ4v) is 1.76. The van der Waals surface area contributed by atoms with E-state index in [1.54, 1.807) is 0 Å². The van der Waals surface area contributed by atoms with Crippen molar-refractivity contribution in [2.24, 2.45) is 0 Å². The van der Waals surface area contributed by atoms with Crippen molar-refractivity contribution in [2.45, 2.75) is 11.3 Å². The number of hydrogen-bond acceptors (Lipinski definition) is 8. The number of ether oxygens (including phenoxy) is 2. The van der Waals surface area contributed by atoms with Gasteiger partial charge in [-0.1, -0.05) is 0 Å². The molecule has 0 atom stereocenters. The number of nitrogens with one attached hydrogen (secondary N) is 1. The first kappa shape index (κ1) is 14.5. The zero-order valence-corrected chi connectivity index (χ0v) is 11.2. The largest absolute Gasteiger partial charge is 0.382 e. The number of aromatic nitrogens is 2. The number of hydrogen-bond donors (Lipinski definition) is 2. The van der Waals surface area contributed by atoms with Crippen LogP contribution in [0.5, 0.6) is 0 Å². The standard InChI is InChI=1S/C10H15N5O2S/c1-16-7(17-2)5-13-10-14-8(12)6(4-11)9(15-10)18-3/h7H,5H2,1-3H3,(H3,12,13,14,15). The lowest BCUT2D eigenvalue weighted by atomic mass is 10.3. The van der Waals surface area contributed by atoms with Crippen molar-refractivity contribution in [1.82, 2.24) is 9.97 Å². The predicted octanol–water partition coefficient (Wildman–Crippen LogP) is 0.683. The fraction of sp³-hybridized carbons (Fsp3) is 0.500. The molecule has 0 aliphatic rings. The topological polar surface area (TPSA) is 106 Å². The van der Waals surface area contributed by atoms with Gasteiger partial charge in [-0.25, -0.2) is 4.98 Å². The average Bonchev–Trinajstić information content (AvgIpc) is 2.39. The first-order valence-corrected chi connectivity index (χ1v) is 6.29. The summed E-state index contributed by atoms with van der Waals surface area (Å²) in [6, 6.07) is 1.98. The second kappa shape index (κ2) is 7.00. The molecule has 18 heavy (non-hydrogen) atoms. The van der Waals surface area contributed by atoms with Crippen LogP contribution in [0.3, 0.4) is 0 Å². The Labute approximate surface area is 110 Å². The molecule has 0 unspecified atom stereocenters. The molecule has 1 heterocycles. The van der Waals surface area contributed by atoms with E-state index in [-0.39, 0.29) is 5.82 Å². The average molecular weight is 269 g/mol. The first-order chi connectivity index (χ1) is 8.65. The first-order valence-electron chi connectivity index (χ1n) is 5.07. The summed E-state index contributed by atoms with van der Waals surface area (Å²) in [5.41, 5.74) is 5.98. The van der Waals surface area contributed by atoms with Gasteiger partial charge in [0.15, 0.2) is 6.29 Å². The number of nitrogen functional groups attached to an aromatic ring is 1. The van der Waals surface area contributed by atoms with Crippen LogP contribution in [0, 0.1) is 11.3 Å². The number of methoxy groups -OCH3 is 2. The van der Waals surface area contributed by atoms with Crippen molar-refractivity contribution in [3.8, 4) is 6.07 Å². The van der Waals surface area contributed by atoms with Crippen molar-refractivity contribution in [3.05, 3.63) is 5.56 Å². The molecule has 0 spiro atoms. The van der Waals surface area contributed by atoms with Gasteiger partial charge < -0.3 is 20.5 Å². The number of rotatable bonds is 6. The Morgan fingerprint density at radius 2 is 2.11 bits per heavy atom. The van der Waals surface area contributed by atoms with Crippen molar-refractivity contribution in [2.75, 3.05) is 38.1 Å². The molecule has 1 aromatic rings. The summed E-state index contributed by atoms with van der Waals surface area (Å²) in [6.45, 7) is 0.381. The van der Waals surface area contributed by atoms with Gasteiger partial charge >= 0.3 is 0 Å². The number of nitrogens with two attached hydrogens (primary N) is 1. The van der Waals surface area contributed by atoms with Crippen LogP contribution in [-0.2, 0) is 9.47 Å². The van der Waals surface area contributed by atoms with Gasteiger partial charge in [0.25, 0.3) is 0 Å². The highest BCUT2D eigenvalue weighted by Crippen LogP contribution is 2.22. The van der Waals surface area contributed by atoms with E-state index in [9.17, 15) is 0 Å². The Morgan fingerprint density at radius 3 is 2.61 bits per heavy atom. The highest BCUT2D eigenvalue weighted by atomic mass is 32.2. The Morgan fingerprint density at radius 1 is 1.44 bits per heavy atom. The molecule has 3 N–H and O–H groups in total. The minimum absolute atomic E-state index is 0.158. The van der Waals surface area contributed by atoms with Gasteiger partial charge in [-0.2, -0.15) is 10.2 Å². The molecule has 0 fully saturated rings. The number of nitrogens with zero attached hydrogens (tertiary/aromatic N) is 3. The molecule has 0 aliphatic heterocycles. The van der Waals surface area contributed by atoms with Crippen LogP contribution in [0.1, 0.15) is 5.56 Å². The summed E-state index contributed by atoms with van der Waals surface area (Å²) in [5.74, 6) is 0.501. The molecule has 1 aromatic heterocycles. The van der Waals surface area contributed by atoms with E-state index in [1.807, 2.05) is 12.3 Å². The second-order valence-corrected chi connectivity index (χ2v) is 4.01. The van der Waals surface area contributed by atoms with Crippen molar-refractivity contribution < 1.29 is 9.47 Å². The molecule has 0 radical (unpaired) electrons. The molecule has 0 aliphatic carbocycles. The molecule has 0 saturated heterocycles. The van der Waals surface area contributed by atoms with Crippen LogP contribution in [0.4, 0.5) is 11.8 Å². The lowest BCUT2D eigenvalue weighted by Crippen LogP contribution is -2.24. The molecule has 0 amide bonds. The van der Waals surface area contributed by atoms with Crippen LogP contribution < -0.4 is 11.1 Å². The van der Waals surface area contributed by atoms with Gasteiger partial charge in [-0.15, -0.1) is 11.8 Å². The Bertz CT molecular complexity index is 445. The molecule has 0 bridgehead atoms. The number of anilines is 2. The van der Waals surface area contributed by atoms with Crippen LogP contribution in [0.15, 0.2) is 5.03 Å². The Balaban J connectivity index is 2.85. The quantitative estimate of drug-likeness (QED) is 0.441. The van der Waals surface area contributed by atoms with E-state index in [0.717, 1.165) is 0 Å².